The van der Waals surface area contributed by atoms with Gasteiger partial charge in [-0.1, -0.05) is 0 Å². The van der Waals surface area contributed by atoms with E-state index < -0.39 is 52.8 Å². The van der Waals surface area contributed by atoms with E-state index in [0.29, 0.717) is 25.7 Å². The van der Waals surface area contributed by atoms with E-state index in [0.717, 1.165) is 0 Å². The topological polar surface area (TPSA) is 119 Å². The van der Waals surface area contributed by atoms with Gasteiger partial charge in [0, 0.05) is 30.6 Å². The van der Waals surface area contributed by atoms with Crippen LogP contribution in [0, 0.1) is 17.7 Å². The van der Waals surface area contributed by atoms with Crippen LogP contribution in [0.1, 0.15) is 31.7 Å². The lowest BCUT2D eigenvalue weighted by Gasteiger charge is -2.26. The van der Waals surface area contributed by atoms with Gasteiger partial charge in [0.05, 0.1) is 24.1 Å². The highest BCUT2D eigenvalue weighted by Crippen LogP contribution is 2.53. The minimum Gasteiger partial charge on any atom is -0.492 e. The molecule has 2 atom stereocenters. The Balaban J connectivity index is 1.75. The minimum absolute atomic E-state index is 0.00135. The Morgan fingerprint density at radius 2 is 1.84 bits per heavy atom. The maximum absolute atomic E-state index is 15.5. The lowest BCUT2D eigenvalue weighted by atomic mass is 9.87. The molecule has 32 heavy (non-hydrogen) atoms. The van der Waals surface area contributed by atoms with Crippen LogP contribution in [-0.2, 0) is 0 Å². The Bertz CT molecular complexity index is 1220. The fourth-order valence-electron chi connectivity index (χ4n) is 5.04. The number of halogens is 4. The average Bonchev–Trinajstić information content (AvgIpc) is 3.62. The number of benzene rings is 1. The van der Waals surface area contributed by atoms with E-state index in [2.05, 4.69) is 4.98 Å². The molecule has 1 aromatic heterocycles. The lowest BCUT2D eigenvalue weighted by molar-refractivity contribution is -0.181. The first-order valence-electron chi connectivity index (χ1n) is 10.4. The number of methoxy groups -OCH3 is 1. The number of nitrogen functional groups attached to an aromatic ring is 1. The molecule has 3 aliphatic rings. The SMILES string of the molecule is COc1c(N2CC(C(F)(F)F)C(C3(N)CC3)C2)c(F)c(N)c2c(=O)[nH]c(=O)n(C3CC3)c12. The van der Waals surface area contributed by atoms with E-state index in [9.17, 15) is 22.8 Å². The van der Waals surface area contributed by atoms with Crippen LogP contribution in [0.3, 0.4) is 0 Å². The molecule has 0 bridgehead atoms. The Hall–Kier alpha value is -2.76. The normalized spacial score (nSPS) is 24.9. The first-order chi connectivity index (χ1) is 15.0. The number of nitrogens with one attached hydrogen (secondary N) is 1. The van der Waals surface area contributed by atoms with E-state index in [-0.39, 0.29) is 34.9 Å². The van der Waals surface area contributed by atoms with E-state index in [1.165, 1.54) is 16.6 Å². The highest BCUT2D eigenvalue weighted by molar-refractivity contribution is 5.99. The van der Waals surface area contributed by atoms with Crippen LogP contribution < -0.4 is 32.4 Å². The van der Waals surface area contributed by atoms with E-state index in [1.807, 2.05) is 0 Å². The van der Waals surface area contributed by atoms with Gasteiger partial charge in [-0.05, 0) is 25.7 Å². The zero-order valence-corrected chi connectivity index (χ0v) is 17.3. The highest BCUT2D eigenvalue weighted by Gasteiger charge is 2.60. The molecule has 3 fully saturated rings. The number of aromatic amines is 1. The van der Waals surface area contributed by atoms with Crippen LogP contribution in [0.2, 0.25) is 0 Å². The number of hydrogen-bond donors (Lipinski definition) is 3. The number of alkyl halides is 3. The molecule has 8 nitrogen and oxygen atoms in total. The Labute approximate surface area is 179 Å². The smallest absolute Gasteiger partial charge is 0.393 e. The summed E-state index contributed by atoms with van der Waals surface area (Å²) in [5.41, 5.74) is 8.77. The monoisotopic (exact) mass is 457 g/mol. The molecular weight excluding hydrogens is 434 g/mol. The van der Waals surface area contributed by atoms with Crippen molar-refractivity contribution in [2.75, 3.05) is 30.8 Å². The second kappa shape index (κ2) is 6.63. The fraction of sp³-hybridized carbons (Fsp3) is 0.600. The molecule has 2 unspecified atom stereocenters. The summed E-state index contributed by atoms with van der Waals surface area (Å²) in [4.78, 5) is 28.4. The molecular formula is C20H23F4N5O3. The number of ether oxygens (including phenoxy) is 1. The van der Waals surface area contributed by atoms with E-state index >= 15 is 4.39 Å². The number of anilines is 2. The second-order valence-corrected chi connectivity index (χ2v) is 9.09. The molecule has 5 N–H and O–H groups in total. The summed E-state index contributed by atoms with van der Waals surface area (Å²) in [7, 11) is 1.22. The third-order valence-electron chi connectivity index (χ3n) is 7.03. The van der Waals surface area contributed by atoms with Crippen molar-refractivity contribution in [3.63, 3.8) is 0 Å². The molecule has 1 aliphatic heterocycles. The van der Waals surface area contributed by atoms with Gasteiger partial charge in [-0.3, -0.25) is 14.3 Å². The Kier molecular flexibility index (Phi) is 4.37. The molecule has 2 aliphatic carbocycles. The van der Waals surface area contributed by atoms with Gasteiger partial charge in [-0.15, -0.1) is 0 Å². The van der Waals surface area contributed by atoms with Crippen molar-refractivity contribution in [1.82, 2.24) is 9.55 Å². The van der Waals surface area contributed by atoms with Gasteiger partial charge in [0.2, 0.25) is 0 Å². The summed E-state index contributed by atoms with van der Waals surface area (Å²) >= 11 is 0. The van der Waals surface area contributed by atoms with Crippen molar-refractivity contribution in [1.29, 1.82) is 0 Å². The zero-order valence-electron chi connectivity index (χ0n) is 17.3. The number of aromatic nitrogens is 2. The van der Waals surface area contributed by atoms with Crippen LogP contribution in [0.15, 0.2) is 9.59 Å². The lowest BCUT2D eigenvalue weighted by Crippen LogP contribution is -2.42. The van der Waals surface area contributed by atoms with Crippen molar-refractivity contribution < 1.29 is 22.3 Å². The number of hydrogen-bond acceptors (Lipinski definition) is 6. The van der Waals surface area contributed by atoms with E-state index in [1.54, 1.807) is 0 Å². The third kappa shape index (κ3) is 2.99. The zero-order chi connectivity index (χ0) is 23.2. The van der Waals surface area contributed by atoms with Crippen molar-refractivity contribution >= 4 is 22.3 Å². The van der Waals surface area contributed by atoms with E-state index in [4.69, 9.17) is 16.2 Å². The summed E-state index contributed by atoms with van der Waals surface area (Å²) in [5.74, 6) is -3.90. The minimum atomic E-state index is -4.52. The summed E-state index contributed by atoms with van der Waals surface area (Å²) in [5, 5.41) is -0.254. The number of fused-ring (bicyclic) bond motifs is 1. The van der Waals surface area contributed by atoms with Gasteiger partial charge in [-0.2, -0.15) is 13.2 Å². The molecule has 1 aromatic carbocycles. The second-order valence-electron chi connectivity index (χ2n) is 9.09. The largest absolute Gasteiger partial charge is 0.492 e. The summed E-state index contributed by atoms with van der Waals surface area (Å²) in [6.07, 6.45) is -2.26. The van der Waals surface area contributed by atoms with Gasteiger partial charge in [-0.25, -0.2) is 9.18 Å². The van der Waals surface area contributed by atoms with Crippen LogP contribution in [0.4, 0.5) is 28.9 Å². The molecule has 2 heterocycles. The fourth-order valence-corrected chi connectivity index (χ4v) is 5.04. The number of nitrogens with two attached hydrogens (primary N) is 2. The van der Waals surface area contributed by atoms with Crippen LogP contribution in [0.25, 0.3) is 10.9 Å². The van der Waals surface area contributed by atoms with Gasteiger partial charge >= 0.3 is 11.9 Å². The molecule has 2 saturated carbocycles. The molecule has 0 radical (unpaired) electrons. The van der Waals surface area contributed by atoms with Gasteiger partial charge in [0.15, 0.2) is 11.6 Å². The van der Waals surface area contributed by atoms with Gasteiger partial charge in [0.25, 0.3) is 5.56 Å². The first-order valence-corrected chi connectivity index (χ1v) is 10.4. The van der Waals surface area contributed by atoms with Crippen LogP contribution >= 0.6 is 0 Å². The van der Waals surface area contributed by atoms with Crippen molar-refractivity contribution in [3.05, 3.63) is 26.7 Å². The molecule has 5 rings (SSSR count). The molecule has 0 amide bonds. The highest BCUT2D eigenvalue weighted by atomic mass is 19.4. The number of H-pyrrole nitrogens is 1. The Morgan fingerprint density at radius 1 is 1.19 bits per heavy atom. The third-order valence-corrected chi connectivity index (χ3v) is 7.03. The number of rotatable bonds is 4. The first kappa shape index (κ1) is 21.1. The standard InChI is InChI=1S/C20H23F4N5O3/c1-32-16-14-11(17(30)27-18(31)29(14)8-2-3-8)13(25)12(21)15(16)28-6-9(19(26)4-5-19)10(7-28)20(22,23)24/h8-10H,2-7,25-26H2,1H3,(H,27,30,31). The summed E-state index contributed by atoms with van der Waals surface area (Å²) < 4.78 is 63.7. The molecule has 12 heteroatoms. The predicted octanol–water partition coefficient (Wildman–Crippen LogP) is 1.86. The summed E-state index contributed by atoms with van der Waals surface area (Å²) in [6, 6.07) is -0.235. The van der Waals surface area contributed by atoms with Gasteiger partial charge in [0.1, 0.15) is 11.2 Å². The maximum atomic E-state index is 15.5. The van der Waals surface area contributed by atoms with Gasteiger partial charge < -0.3 is 21.1 Å². The van der Waals surface area contributed by atoms with Crippen molar-refractivity contribution in [2.45, 2.75) is 43.4 Å². The van der Waals surface area contributed by atoms with Crippen molar-refractivity contribution in [3.8, 4) is 5.75 Å². The Morgan fingerprint density at radius 3 is 2.38 bits per heavy atom. The predicted molar refractivity (Wildman–Crippen MR) is 109 cm³/mol. The van der Waals surface area contributed by atoms with Crippen LogP contribution in [0.5, 0.6) is 5.75 Å². The quantitative estimate of drug-likeness (QED) is 0.476. The molecule has 2 aromatic rings. The maximum Gasteiger partial charge on any atom is 0.393 e. The molecule has 0 spiro atoms. The summed E-state index contributed by atoms with van der Waals surface area (Å²) in [6.45, 7) is -0.669. The van der Waals surface area contributed by atoms with Crippen molar-refractivity contribution in [2.24, 2.45) is 17.6 Å². The van der Waals surface area contributed by atoms with Crippen LogP contribution in [-0.4, -0.2) is 41.5 Å². The molecule has 1 saturated heterocycles. The average molecular weight is 457 g/mol. The number of nitrogens with zero attached hydrogens (tertiary/aromatic N) is 2. The molecule has 174 valence electrons.